The molecular formula is C53H63N4O9P. The summed E-state index contributed by atoms with van der Waals surface area (Å²) in [5, 5.41) is 11.6. The van der Waals surface area contributed by atoms with Crippen LogP contribution in [-0.2, 0) is 29.8 Å². The van der Waals surface area contributed by atoms with Crippen LogP contribution >= 0.6 is 7.60 Å². The van der Waals surface area contributed by atoms with Gasteiger partial charge in [0.2, 0.25) is 0 Å². The SMILES string of the molecule is COc1ccc(C(OCC2OC(n3cc(C#CCCCP4(=O)Oc5ccccc5C(C)(C)O4)c(N=CN(CC(C)C)CC(C)C)nc3=O)CC2O)(c2ccccc2)c2ccc(OC)cc2)cc1. The highest BCUT2D eigenvalue weighted by atomic mass is 31.2. The fraction of sp³-hybridized carbons (Fsp3) is 0.415. The van der Waals surface area contributed by atoms with Gasteiger partial charge in [-0.3, -0.25) is 9.09 Å². The molecule has 0 radical (unpaired) electrons. The molecule has 13 nitrogen and oxygen atoms in total. The van der Waals surface area contributed by atoms with E-state index in [2.05, 4.69) is 49.4 Å². The molecule has 354 valence electrons. The lowest BCUT2D eigenvalue weighted by Crippen LogP contribution is -2.38. The van der Waals surface area contributed by atoms with Crippen LogP contribution in [0.3, 0.4) is 0 Å². The number of ether oxygens (including phenoxy) is 4. The predicted molar refractivity (Wildman–Crippen MR) is 260 cm³/mol. The van der Waals surface area contributed by atoms with E-state index < -0.39 is 42.9 Å². The zero-order valence-corrected chi connectivity index (χ0v) is 40.6. The van der Waals surface area contributed by atoms with Crippen LogP contribution in [0.2, 0.25) is 0 Å². The van der Waals surface area contributed by atoms with Gasteiger partial charge in [-0.25, -0.2) is 14.4 Å². The van der Waals surface area contributed by atoms with E-state index in [-0.39, 0.29) is 25.0 Å². The molecule has 0 saturated carbocycles. The van der Waals surface area contributed by atoms with Crippen LogP contribution in [-0.4, -0.2) is 78.2 Å². The molecule has 1 N–H and O–H groups in total. The summed E-state index contributed by atoms with van der Waals surface area (Å²) >= 11 is 0. The van der Waals surface area contributed by atoms with Crippen LogP contribution in [0.25, 0.3) is 0 Å². The van der Waals surface area contributed by atoms with E-state index in [1.807, 2.05) is 117 Å². The van der Waals surface area contributed by atoms with Gasteiger partial charge in [-0.05, 0) is 79.1 Å². The minimum Gasteiger partial charge on any atom is -0.497 e. The van der Waals surface area contributed by atoms with Gasteiger partial charge in [-0.2, -0.15) is 4.98 Å². The Bertz CT molecular complexity index is 2580. The third kappa shape index (κ3) is 11.7. The number of aliphatic hydroxyl groups excluding tert-OH is 1. The average molecular weight is 931 g/mol. The van der Waals surface area contributed by atoms with Crippen molar-refractivity contribution in [2.24, 2.45) is 16.8 Å². The van der Waals surface area contributed by atoms with E-state index in [1.54, 1.807) is 26.8 Å². The molecule has 3 heterocycles. The van der Waals surface area contributed by atoms with Crippen molar-refractivity contribution in [2.75, 3.05) is 40.1 Å². The lowest BCUT2D eigenvalue weighted by Gasteiger charge is -2.37. The van der Waals surface area contributed by atoms with Crippen LogP contribution < -0.4 is 19.7 Å². The third-order valence-corrected chi connectivity index (χ3v) is 13.8. The largest absolute Gasteiger partial charge is 0.497 e. The van der Waals surface area contributed by atoms with Crippen molar-refractivity contribution in [3.63, 3.8) is 0 Å². The van der Waals surface area contributed by atoms with Crippen LogP contribution in [0.4, 0.5) is 5.82 Å². The van der Waals surface area contributed by atoms with Crippen LogP contribution in [0.15, 0.2) is 119 Å². The number of aliphatic imine (C=N–C) groups is 1. The van der Waals surface area contributed by atoms with Crippen LogP contribution in [0, 0.1) is 23.7 Å². The first-order valence-corrected chi connectivity index (χ1v) is 24.7. The van der Waals surface area contributed by atoms with Gasteiger partial charge in [0.1, 0.15) is 40.8 Å². The highest BCUT2D eigenvalue weighted by Crippen LogP contribution is 2.59. The van der Waals surface area contributed by atoms with E-state index in [0.29, 0.717) is 47.5 Å². The van der Waals surface area contributed by atoms with Crippen molar-refractivity contribution in [1.29, 1.82) is 0 Å². The highest BCUT2D eigenvalue weighted by molar-refractivity contribution is 7.54. The molecule has 0 spiro atoms. The molecule has 0 aliphatic carbocycles. The molecule has 0 amide bonds. The second kappa shape index (κ2) is 21.5. The van der Waals surface area contributed by atoms with Gasteiger partial charge in [0.25, 0.3) is 0 Å². The second-order valence-corrected chi connectivity index (χ2v) is 20.4. The third-order valence-electron chi connectivity index (χ3n) is 11.7. The second-order valence-electron chi connectivity index (χ2n) is 18.3. The number of hydrogen-bond donors (Lipinski definition) is 1. The molecule has 67 heavy (non-hydrogen) atoms. The zero-order valence-electron chi connectivity index (χ0n) is 39.8. The Morgan fingerprint density at radius 3 is 2.12 bits per heavy atom. The maximum absolute atomic E-state index is 13.9. The molecule has 1 fully saturated rings. The molecule has 4 atom stereocenters. The maximum atomic E-state index is 13.9. The number of benzene rings is 4. The number of hydrogen-bond acceptors (Lipinski definition) is 11. The smallest absolute Gasteiger partial charge is 0.380 e. The first-order chi connectivity index (χ1) is 32.1. The summed E-state index contributed by atoms with van der Waals surface area (Å²) in [5.41, 5.74) is 1.23. The van der Waals surface area contributed by atoms with Gasteiger partial charge in [-0.15, -0.1) is 0 Å². The molecular weight excluding hydrogens is 868 g/mol. The van der Waals surface area contributed by atoms with Crippen LogP contribution in [0.1, 0.15) is 94.9 Å². The lowest BCUT2D eigenvalue weighted by atomic mass is 9.80. The van der Waals surface area contributed by atoms with Crippen molar-refractivity contribution < 1.29 is 37.7 Å². The van der Waals surface area contributed by atoms with Crippen molar-refractivity contribution in [1.82, 2.24) is 14.5 Å². The van der Waals surface area contributed by atoms with Gasteiger partial charge < -0.3 is 33.5 Å². The number of unbranched alkanes of at least 4 members (excludes halogenated alkanes) is 1. The molecule has 4 aromatic carbocycles. The molecule has 0 bridgehead atoms. The number of fused-ring (bicyclic) bond motifs is 1. The minimum atomic E-state index is -3.47. The summed E-state index contributed by atoms with van der Waals surface area (Å²) in [4.78, 5) is 25.2. The van der Waals surface area contributed by atoms with Gasteiger partial charge in [0.15, 0.2) is 5.82 Å². The fourth-order valence-corrected chi connectivity index (χ4v) is 10.7. The summed E-state index contributed by atoms with van der Waals surface area (Å²) in [6.07, 6.45) is 1.69. The Hall–Kier alpha value is -5.74. The summed E-state index contributed by atoms with van der Waals surface area (Å²) < 4.78 is 51.8. The quantitative estimate of drug-likeness (QED) is 0.0224. The topological polar surface area (TPSA) is 143 Å². The molecule has 5 aromatic rings. The summed E-state index contributed by atoms with van der Waals surface area (Å²) in [6.45, 7) is 13.8. The molecule has 1 aromatic heterocycles. The van der Waals surface area contributed by atoms with Crippen molar-refractivity contribution >= 4 is 19.8 Å². The monoisotopic (exact) mass is 930 g/mol. The minimum absolute atomic E-state index is 0.0383. The number of methoxy groups -OCH3 is 2. The number of nitrogens with zero attached hydrogens (tertiary/aromatic N) is 4. The number of rotatable bonds is 18. The molecule has 2 aliphatic rings. The molecule has 2 aliphatic heterocycles. The first-order valence-electron chi connectivity index (χ1n) is 22.9. The maximum Gasteiger partial charge on any atom is 0.380 e. The predicted octanol–water partition coefficient (Wildman–Crippen LogP) is 9.86. The fourth-order valence-electron chi connectivity index (χ4n) is 8.63. The molecule has 1 saturated heterocycles. The van der Waals surface area contributed by atoms with Crippen molar-refractivity contribution in [2.45, 2.75) is 90.4 Å². The average Bonchev–Trinajstić information content (AvgIpc) is 3.68. The Balaban J connectivity index is 1.16. The molecule has 14 heteroatoms. The Kier molecular flexibility index (Phi) is 15.8. The van der Waals surface area contributed by atoms with Gasteiger partial charge >= 0.3 is 13.3 Å². The molecule has 7 rings (SSSR count). The standard InChI is InChI=1S/C53H63N4O9P/c1-37(2)32-56(33-38(3)4)36-54-50-39(17-11-10-16-30-67(60)65-47-21-15-14-20-45(47)52(5,6)66-67)34-57(51(59)55-50)49-31-46(58)48(64-49)35-63-53(40-18-12-9-13-19-40,41-22-26-43(61-7)27-23-41)42-24-28-44(62-8)29-25-42/h9,12-15,18-29,34,36-38,46,48-49,58H,10,16,30-33,35H2,1-8H3. The normalized spacial score (nSPS) is 20.0. The summed E-state index contributed by atoms with van der Waals surface area (Å²) in [6, 6.07) is 32.7. The highest BCUT2D eigenvalue weighted by Gasteiger charge is 2.43. The van der Waals surface area contributed by atoms with Crippen molar-refractivity contribution in [3.05, 3.63) is 148 Å². The van der Waals surface area contributed by atoms with E-state index in [0.717, 1.165) is 35.3 Å². The number of aliphatic hydroxyl groups is 1. The van der Waals surface area contributed by atoms with Crippen molar-refractivity contribution in [3.8, 4) is 29.1 Å². The van der Waals surface area contributed by atoms with Gasteiger partial charge in [0, 0.05) is 37.7 Å². The lowest BCUT2D eigenvalue weighted by molar-refractivity contribution is -0.0944. The van der Waals surface area contributed by atoms with E-state index in [1.165, 1.54) is 4.57 Å². The Morgan fingerprint density at radius 1 is 0.910 bits per heavy atom. The number of aromatic nitrogens is 2. The van der Waals surface area contributed by atoms with Crippen LogP contribution in [0.5, 0.6) is 17.2 Å². The van der Waals surface area contributed by atoms with Gasteiger partial charge in [0.05, 0.1) is 45.0 Å². The van der Waals surface area contributed by atoms with E-state index >= 15 is 0 Å². The number of para-hydroxylation sites is 1. The molecule has 4 unspecified atom stereocenters. The van der Waals surface area contributed by atoms with E-state index in [4.69, 9.17) is 33.0 Å². The Morgan fingerprint density at radius 2 is 1.51 bits per heavy atom. The summed E-state index contributed by atoms with van der Waals surface area (Å²) in [7, 11) is -0.224. The Labute approximate surface area is 394 Å². The first kappa shape index (κ1) is 49.2. The van der Waals surface area contributed by atoms with Gasteiger partial charge in [-0.1, -0.05) is 112 Å². The summed E-state index contributed by atoms with van der Waals surface area (Å²) in [5.74, 6) is 9.25. The zero-order chi connectivity index (χ0) is 47.8. The van der Waals surface area contributed by atoms with E-state index in [9.17, 15) is 14.5 Å².